The van der Waals surface area contributed by atoms with E-state index in [4.69, 9.17) is 16.1 Å². The minimum absolute atomic E-state index is 0.141. The van der Waals surface area contributed by atoms with Crippen LogP contribution in [0.5, 0.6) is 0 Å². The van der Waals surface area contributed by atoms with Crippen LogP contribution in [0.3, 0.4) is 0 Å². The number of carbonyl (C=O) groups is 2. The lowest BCUT2D eigenvalue weighted by Gasteiger charge is -2.21. The summed E-state index contributed by atoms with van der Waals surface area (Å²) in [6.07, 6.45) is 3.34. The lowest BCUT2D eigenvalue weighted by atomic mass is 10.2. The van der Waals surface area contributed by atoms with Gasteiger partial charge in [-0.05, 0) is 18.9 Å². The number of amides is 2. The fraction of sp³-hybridized carbons (Fsp3) is 0.267. The van der Waals surface area contributed by atoms with Crippen molar-refractivity contribution in [3.63, 3.8) is 0 Å². The van der Waals surface area contributed by atoms with E-state index in [2.05, 4.69) is 27.0 Å². The van der Waals surface area contributed by atoms with Crippen molar-refractivity contribution in [2.75, 3.05) is 10.2 Å². The van der Waals surface area contributed by atoms with E-state index in [1.54, 1.807) is 13.0 Å². The van der Waals surface area contributed by atoms with Gasteiger partial charge in [0.05, 0.1) is 17.4 Å². The van der Waals surface area contributed by atoms with Crippen LogP contribution in [0, 0.1) is 0 Å². The molecule has 3 rings (SSSR count). The number of aromatic nitrogens is 3. The number of hydrogen-bond donors (Lipinski definition) is 1. The predicted octanol–water partition coefficient (Wildman–Crippen LogP) is 2.29. The van der Waals surface area contributed by atoms with Gasteiger partial charge in [-0.3, -0.25) is 19.8 Å². The maximum atomic E-state index is 12.5. The van der Waals surface area contributed by atoms with Crippen LogP contribution in [0.25, 0.3) is 5.57 Å². The Balaban J connectivity index is 1.78. The molecule has 1 atom stereocenters. The molecule has 1 N–H and O–H groups in total. The molecule has 1 fully saturated rings. The second-order valence-electron chi connectivity index (χ2n) is 5.37. The summed E-state index contributed by atoms with van der Waals surface area (Å²) in [6.45, 7) is 5.53. The van der Waals surface area contributed by atoms with E-state index in [1.165, 1.54) is 17.3 Å². The summed E-state index contributed by atoms with van der Waals surface area (Å²) in [7, 11) is 0. The molecule has 0 aliphatic carbocycles. The number of halogens is 1. The molecule has 1 aliphatic rings. The van der Waals surface area contributed by atoms with Crippen LogP contribution in [0.4, 0.5) is 11.8 Å². The van der Waals surface area contributed by atoms with E-state index < -0.39 is 11.9 Å². The molecule has 24 heavy (non-hydrogen) atoms. The molecule has 1 saturated heterocycles. The minimum Gasteiger partial charge on any atom is -0.338 e. The summed E-state index contributed by atoms with van der Waals surface area (Å²) in [6, 6.07) is 0.845. The molecule has 0 unspecified atom stereocenters. The summed E-state index contributed by atoms with van der Waals surface area (Å²) in [4.78, 5) is 33.9. The highest BCUT2D eigenvalue weighted by Crippen LogP contribution is 2.25. The Morgan fingerprint density at radius 2 is 2.17 bits per heavy atom. The number of hydrogen-bond acceptors (Lipinski definition) is 6. The number of rotatable bonds is 4. The Kier molecular flexibility index (Phi) is 4.30. The van der Waals surface area contributed by atoms with Crippen molar-refractivity contribution in [3.05, 3.63) is 35.8 Å². The van der Waals surface area contributed by atoms with Gasteiger partial charge in [0.1, 0.15) is 11.7 Å². The maximum absolute atomic E-state index is 12.5. The third kappa shape index (κ3) is 3.13. The van der Waals surface area contributed by atoms with Crippen LogP contribution in [-0.4, -0.2) is 33.0 Å². The molecule has 124 valence electrons. The number of carbonyl (C=O) groups excluding carboxylic acids is 2. The fourth-order valence-corrected chi connectivity index (χ4v) is 2.45. The van der Waals surface area contributed by atoms with Crippen LogP contribution in [-0.2, 0) is 9.59 Å². The zero-order chi connectivity index (χ0) is 17.3. The van der Waals surface area contributed by atoms with Crippen molar-refractivity contribution < 1.29 is 14.1 Å². The molecule has 2 aromatic rings. The smallest absolute Gasteiger partial charge is 0.250 e. The Labute approximate surface area is 142 Å². The number of nitrogens with zero attached hydrogens (tertiary/aromatic N) is 4. The first-order chi connectivity index (χ1) is 11.5. The van der Waals surface area contributed by atoms with Crippen molar-refractivity contribution in [3.8, 4) is 0 Å². The maximum Gasteiger partial charge on any atom is 0.250 e. The van der Waals surface area contributed by atoms with E-state index in [1.807, 2.05) is 0 Å². The summed E-state index contributed by atoms with van der Waals surface area (Å²) in [5, 5.41) is 6.74. The Morgan fingerprint density at radius 1 is 1.46 bits per heavy atom. The van der Waals surface area contributed by atoms with Crippen LogP contribution < -0.4 is 10.2 Å². The van der Waals surface area contributed by atoms with Gasteiger partial charge < -0.3 is 4.52 Å². The van der Waals surface area contributed by atoms with Gasteiger partial charge in [-0.25, -0.2) is 9.97 Å². The highest BCUT2D eigenvalue weighted by atomic mass is 35.5. The highest BCUT2D eigenvalue weighted by Gasteiger charge is 2.39. The molecule has 3 heterocycles. The van der Waals surface area contributed by atoms with Gasteiger partial charge in [0.15, 0.2) is 0 Å². The van der Waals surface area contributed by atoms with Crippen LogP contribution in [0.15, 0.2) is 29.6 Å². The molecule has 0 radical (unpaired) electrons. The number of nitrogens with one attached hydrogen (secondary N) is 1. The third-order valence-electron chi connectivity index (χ3n) is 3.53. The highest BCUT2D eigenvalue weighted by molar-refractivity contribution is 6.30. The van der Waals surface area contributed by atoms with E-state index in [0.29, 0.717) is 22.7 Å². The standard InChI is InChI=1S/C15H14ClN5O3/c1-8(2)10-5-12(24-20-10)19-14(23)11-3-4-13(22)21(11)15-17-6-9(16)7-18-15/h5-7,11H,1,3-4H2,2H3,(H,19,23)/t11-/m0/s1. The van der Waals surface area contributed by atoms with Crippen molar-refractivity contribution >= 4 is 40.8 Å². The zero-order valence-corrected chi connectivity index (χ0v) is 13.6. The lowest BCUT2D eigenvalue weighted by molar-refractivity contribution is -0.120. The molecule has 8 nitrogen and oxygen atoms in total. The molecule has 0 aromatic carbocycles. The van der Waals surface area contributed by atoms with Gasteiger partial charge in [0.2, 0.25) is 23.6 Å². The molecule has 0 spiro atoms. The van der Waals surface area contributed by atoms with Gasteiger partial charge in [0, 0.05) is 12.5 Å². The molecule has 9 heteroatoms. The van der Waals surface area contributed by atoms with E-state index in [-0.39, 0.29) is 24.2 Å². The van der Waals surface area contributed by atoms with Crippen LogP contribution in [0.1, 0.15) is 25.5 Å². The molecular weight excluding hydrogens is 334 g/mol. The zero-order valence-electron chi connectivity index (χ0n) is 12.8. The molecule has 1 aliphatic heterocycles. The second kappa shape index (κ2) is 6.40. The second-order valence-corrected chi connectivity index (χ2v) is 5.80. The summed E-state index contributed by atoms with van der Waals surface area (Å²) in [5.74, 6) is -0.293. The fourth-order valence-electron chi connectivity index (χ4n) is 2.35. The first kappa shape index (κ1) is 16.1. The van der Waals surface area contributed by atoms with Crippen molar-refractivity contribution in [1.29, 1.82) is 0 Å². The molecular formula is C15H14ClN5O3. The topological polar surface area (TPSA) is 101 Å². The van der Waals surface area contributed by atoms with Crippen LogP contribution in [0.2, 0.25) is 5.02 Å². The van der Waals surface area contributed by atoms with Crippen molar-refractivity contribution in [2.24, 2.45) is 0 Å². The van der Waals surface area contributed by atoms with Gasteiger partial charge >= 0.3 is 0 Å². The molecule has 0 saturated carbocycles. The van der Waals surface area contributed by atoms with Gasteiger partial charge in [-0.1, -0.05) is 23.3 Å². The first-order valence-corrected chi connectivity index (χ1v) is 7.56. The Bertz CT molecular complexity index is 802. The van der Waals surface area contributed by atoms with Crippen LogP contribution >= 0.6 is 11.6 Å². The Hall–Kier alpha value is -2.74. The van der Waals surface area contributed by atoms with Gasteiger partial charge in [0.25, 0.3) is 0 Å². The van der Waals surface area contributed by atoms with Gasteiger partial charge in [-0.2, -0.15) is 0 Å². The van der Waals surface area contributed by atoms with E-state index >= 15 is 0 Å². The number of allylic oxidation sites excluding steroid dienone is 1. The van der Waals surface area contributed by atoms with E-state index in [9.17, 15) is 9.59 Å². The molecule has 2 amide bonds. The number of anilines is 2. The lowest BCUT2D eigenvalue weighted by Crippen LogP contribution is -2.42. The average Bonchev–Trinajstić information content (AvgIpc) is 3.15. The first-order valence-electron chi connectivity index (χ1n) is 7.19. The average molecular weight is 348 g/mol. The quantitative estimate of drug-likeness (QED) is 0.910. The SMILES string of the molecule is C=C(C)c1cc(NC(=O)[C@@H]2CCC(=O)N2c2ncc(Cl)cn2)on1. The largest absolute Gasteiger partial charge is 0.338 e. The van der Waals surface area contributed by atoms with E-state index in [0.717, 1.165) is 0 Å². The third-order valence-corrected chi connectivity index (χ3v) is 3.73. The normalized spacial score (nSPS) is 17.2. The molecule has 2 aromatic heterocycles. The monoisotopic (exact) mass is 347 g/mol. The summed E-state index contributed by atoms with van der Waals surface area (Å²) >= 11 is 5.75. The molecule has 0 bridgehead atoms. The summed E-state index contributed by atoms with van der Waals surface area (Å²) in [5.41, 5.74) is 1.26. The predicted molar refractivity (Wildman–Crippen MR) is 87.4 cm³/mol. The van der Waals surface area contributed by atoms with Gasteiger partial charge in [-0.15, -0.1) is 0 Å². The van der Waals surface area contributed by atoms with Crippen molar-refractivity contribution in [2.45, 2.75) is 25.8 Å². The minimum atomic E-state index is -0.725. The Morgan fingerprint density at radius 3 is 2.79 bits per heavy atom. The summed E-state index contributed by atoms with van der Waals surface area (Å²) < 4.78 is 5.04. The van der Waals surface area contributed by atoms with Crippen molar-refractivity contribution in [1.82, 2.24) is 15.1 Å².